The number of hydrogen-bond acceptors (Lipinski definition) is 6. The van der Waals surface area contributed by atoms with Crippen molar-refractivity contribution < 1.29 is 27.5 Å². The van der Waals surface area contributed by atoms with Crippen LogP contribution in [-0.2, 0) is 10.0 Å². The molecule has 1 aliphatic rings. The Bertz CT molecular complexity index is 1310. The Labute approximate surface area is 190 Å². The second-order valence-corrected chi connectivity index (χ2v) is 8.78. The van der Waals surface area contributed by atoms with Crippen molar-refractivity contribution in [3.63, 3.8) is 0 Å². The maximum atomic E-state index is 12.8. The summed E-state index contributed by atoms with van der Waals surface area (Å²) in [5.41, 5.74) is 1.45. The van der Waals surface area contributed by atoms with Crippen LogP contribution in [0.3, 0.4) is 0 Å². The molecule has 170 valence electrons. The van der Waals surface area contributed by atoms with Crippen LogP contribution in [0.5, 0.6) is 11.5 Å². The number of rotatable bonds is 6. The molecule has 0 bridgehead atoms. The molecular weight excluding hydrogens is 446 g/mol. The Morgan fingerprint density at radius 2 is 1.52 bits per heavy atom. The Kier molecular flexibility index (Phi) is 6.18. The van der Waals surface area contributed by atoms with Crippen molar-refractivity contribution in [2.24, 2.45) is 0 Å². The van der Waals surface area contributed by atoms with Crippen LogP contribution in [0.2, 0.25) is 0 Å². The lowest BCUT2D eigenvalue weighted by atomic mass is 10.1. The number of sulfonamides is 1. The van der Waals surface area contributed by atoms with Crippen LogP contribution in [-0.4, -0.2) is 40.5 Å². The fourth-order valence-corrected chi connectivity index (χ4v) is 4.25. The van der Waals surface area contributed by atoms with E-state index in [1.807, 2.05) is 0 Å². The number of hydrogen-bond donors (Lipinski definition) is 3. The normalized spacial score (nSPS) is 12.5. The first kappa shape index (κ1) is 22.2. The largest absolute Gasteiger partial charge is 0.486 e. The van der Waals surface area contributed by atoms with Gasteiger partial charge in [-0.05, 0) is 54.6 Å². The molecule has 2 amide bonds. The third-order valence-corrected chi connectivity index (χ3v) is 6.21. The highest BCUT2D eigenvalue weighted by Gasteiger charge is 2.20. The smallest absolute Gasteiger partial charge is 0.262 e. The number of carbonyl (C=O) groups is 2. The minimum atomic E-state index is -3.92. The van der Waals surface area contributed by atoms with E-state index in [4.69, 9.17) is 9.47 Å². The summed E-state index contributed by atoms with van der Waals surface area (Å²) >= 11 is 0. The Hall–Kier alpha value is -4.05. The van der Waals surface area contributed by atoms with Gasteiger partial charge in [0.25, 0.3) is 21.8 Å². The van der Waals surface area contributed by atoms with Crippen molar-refractivity contribution in [2.45, 2.75) is 4.90 Å². The van der Waals surface area contributed by atoms with Gasteiger partial charge in [0.05, 0.1) is 4.90 Å². The second kappa shape index (κ2) is 9.21. The number of anilines is 2. The van der Waals surface area contributed by atoms with E-state index in [1.165, 1.54) is 25.2 Å². The first-order valence-electron chi connectivity index (χ1n) is 10.0. The molecule has 10 heteroatoms. The van der Waals surface area contributed by atoms with Crippen molar-refractivity contribution in [3.8, 4) is 11.5 Å². The molecule has 33 heavy (non-hydrogen) atoms. The lowest BCUT2D eigenvalue weighted by Crippen LogP contribution is -2.18. The molecule has 0 atom stereocenters. The van der Waals surface area contributed by atoms with Gasteiger partial charge in [-0.1, -0.05) is 6.07 Å². The van der Waals surface area contributed by atoms with E-state index in [2.05, 4.69) is 15.4 Å². The molecule has 3 aromatic carbocycles. The first-order valence-corrected chi connectivity index (χ1v) is 11.5. The fraction of sp³-hybridized carbons (Fsp3) is 0.130. The molecule has 0 saturated carbocycles. The zero-order valence-electron chi connectivity index (χ0n) is 17.6. The molecule has 0 aliphatic carbocycles. The molecule has 0 aromatic heterocycles. The van der Waals surface area contributed by atoms with E-state index in [1.54, 1.807) is 48.5 Å². The van der Waals surface area contributed by atoms with E-state index in [0.717, 1.165) is 0 Å². The number of fused-ring (bicyclic) bond motifs is 1. The van der Waals surface area contributed by atoms with Crippen LogP contribution in [0, 0.1) is 0 Å². The third kappa shape index (κ3) is 5.07. The summed E-state index contributed by atoms with van der Waals surface area (Å²) < 4.78 is 39.0. The maximum Gasteiger partial charge on any atom is 0.262 e. The Balaban J connectivity index is 1.48. The van der Waals surface area contributed by atoms with Gasteiger partial charge in [0.1, 0.15) is 13.2 Å². The monoisotopic (exact) mass is 467 g/mol. The summed E-state index contributed by atoms with van der Waals surface area (Å²) in [5, 5.41) is 5.24. The highest BCUT2D eigenvalue weighted by molar-refractivity contribution is 7.92. The Morgan fingerprint density at radius 3 is 2.24 bits per heavy atom. The highest BCUT2D eigenvalue weighted by Crippen LogP contribution is 2.32. The van der Waals surface area contributed by atoms with Crippen LogP contribution in [0.1, 0.15) is 20.7 Å². The molecule has 0 radical (unpaired) electrons. The van der Waals surface area contributed by atoms with Crippen molar-refractivity contribution in [3.05, 3.63) is 77.9 Å². The molecule has 4 rings (SSSR count). The van der Waals surface area contributed by atoms with Gasteiger partial charge in [0.2, 0.25) is 0 Å². The van der Waals surface area contributed by atoms with Crippen molar-refractivity contribution in [1.29, 1.82) is 0 Å². The Morgan fingerprint density at radius 1 is 0.788 bits per heavy atom. The molecule has 0 spiro atoms. The number of ether oxygens (including phenoxy) is 2. The van der Waals surface area contributed by atoms with E-state index < -0.39 is 15.9 Å². The maximum absolute atomic E-state index is 12.8. The van der Waals surface area contributed by atoms with Crippen LogP contribution in [0.25, 0.3) is 0 Å². The van der Waals surface area contributed by atoms with Gasteiger partial charge in [-0.15, -0.1) is 0 Å². The number of amides is 2. The zero-order valence-corrected chi connectivity index (χ0v) is 18.4. The van der Waals surface area contributed by atoms with Gasteiger partial charge in [0.15, 0.2) is 11.5 Å². The van der Waals surface area contributed by atoms with Crippen LogP contribution in [0.4, 0.5) is 11.4 Å². The molecule has 3 N–H and O–H groups in total. The average Bonchev–Trinajstić information content (AvgIpc) is 2.83. The molecule has 1 aliphatic heterocycles. The minimum absolute atomic E-state index is 0.0119. The van der Waals surface area contributed by atoms with E-state index in [-0.39, 0.29) is 22.1 Å². The summed E-state index contributed by atoms with van der Waals surface area (Å²) in [6.07, 6.45) is 0. The van der Waals surface area contributed by atoms with Gasteiger partial charge >= 0.3 is 0 Å². The summed E-state index contributed by atoms with van der Waals surface area (Å²) in [5.74, 6) is 0.191. The molecule has 0 fully saturated rings. The second-order valence-electron chi connectivity index (χ2n) is 7.10. The van der Waals surface area contributed by atoms with Crippen LogP contribution < -0.4 is 24.8 Å². The zero-order chi connectivity index (χ0) is 23.4. The topological polar surface area (TPSA) is 123 Å². The van der Waals surface area contributed by atoms with Gasteiger partial charge in [0, 0.05) is 35.6 Å². The molecule has 1 heterocycles. The van der Waals surface area contributed by atoms with Crippen molar-refractivity contribution in [1.82, 2.24) is 5.32 Å². The van der Waals surface area contributed by atoms with Crippen LogP contribution in [0.15, 0.2) is 71.6 Å². The van der Waals surface area contributed by atoms with Gasteiger partial charge in [-0.2, -0.15) is 0 Å². The molecule has 0 unspecified atom stereocenters. The number of carbonyl (C=O) groups excluding carboxylic acids is 2. The first-order chi connectivity index (χ1) is 15.9. The fourth-order valence-electron chi connectivity index (χ4n) is 3.18. The standard InChI is InChI=1S/C23H21N3O6S/c1-24-22(27)15-5-7-17(8-6-15)25-23(28)16-3-2-4-18(13-16)26-33(29,30)19-9-10-20-21(14-19)32-12-11-31-20/h2-10,13-14,26H,11-12H2,1H3,(H,24,27)(H,25,28). The summed E-state index contributed by atoms with van der Waals surface area (Å²) in [6.45, 7) is 0.750. The highest BCUT2D eigenvalue weighted by atomic mass is 32.2. The van der Waals surface area contributed by atoms with Crippen LogP contribution >= 0.6 is 0 Å². The quantitative estimate of drug-likeness (QED) is 0.512. The van der Waals surface area contributed by atoms with Crippen molar-refractivity contribution >= 4 is 33.2 Å². The van der Waals surface area contributed by atoms with Gasteiger partial charge < -0.3 is 20.1 Å². The van der Waals surface area contributed by atoms with Crippen molar-refractivity contribution in [2.75, 3.05) is 30.3 Å². The van der Waals surface area contributed by atoms with E-state index >= 15 is 0 Å². The molecule has 9 nitrogen and oxygen atoms in total. The molecule has 3 aromatic rings. The molecule has 0 saturated heterocycles. The lowest BCUT2D eigenvalue weighted by Gasteiger charge is -2.19. The predicted octanol–water partition coefficient (Wildman–Crippen LogP) is 2.87. The summed E-state index contributed by atoms with van der Waals surface area (Å²) in [4.78, 5) is 24.3. The van der Waals surface area contributed by atoms with Gasteiger partial charge in [-0.25, -0.2) is 8.42 Å². The van der Waals surface area contributed by atoms with E-state index in [9.17, 15) is 18.0 Å². The molecular formula is C23H21N3O6S. The minimum Gasteiger partial charge on any atom is -0.486 e. The SMILES string of the molecule is CNC(=O)c1ccc(NC(=O)c2cccc(NS(=O)(=O)c3ccc4c(c3)OCCO4)c2)cc1. The van der Waals surface area contributed by atoms with E-state index in [0.29, 0.717) is 36.0 Å². The lowest BCUT2D eigenvalue weighted by molar-refractivity contribution is 0.0962. The van der Waals surface area contributed by atoms with Gasteiger partial charge in [-0.3, -0.25) is 14.3 Å². The summed E-state index contributed by atoms with van der Waals surface area (Å²) in [7, 11) is -2.38. The average molecular weight is 468 g/mol. The third-order valence-electron chi connectivity index (χ3n) is 4.83. The number of nitrogens with one attached hydrogen (secondary N) is 3. The predicted molar refractivity (Wildman–Crippen MR) is 122 cm³/mol. The number of benzene rings is 3. The summed E-state index contributed by atoms with van der Waals surface area (Å²) in [6, 6.07) is 16.9.